The van der Waals surface area contributed by atoms with Crippen LogP contribution in [0.1, 0.15) is 18.4 Å². The molecule has 0 saturated heterocycles. The highest BCUT2D eigenvalue weighted by atomic mass is 35.5. The molecule has 2 N–H and O–H groups in total. The van der Waals surface area contributed by atoms with Crippen LogP contribution in [0.25, 0.3) is 0 Å². The van der Waals surface area contributed by atoms with Gasteiger partial charge < -0.3 is 19.8 Å². The van der Waals surface area contributed by atoms with Crippen LogP contribution in [-0.2, 0) is 22.6 Å². The van der Waals surface area contributed by atoms with Crippen LogP contribution in [-0.4, -0.2) is 34.4 Å². The summed E-state index contributed by atoms with van der Waals surface area (Å²) in [5.41, 5.74) is 1.94. The number of aromatic nitrogens is 2. The fourth-order valence-electron chi connectivity index (χ4n) is 2.42. The van der Waals surface area contributed by atoms with Gasteiger partial charge in [-0.25, -0.2) is 0 Å². The van der Waals surface area contributed by atoms with Crippen molar-refractivity contribution in [1.29, 1.82) is 0 Å². The van der Waals surface area contributed by atoms with Gasteiger partial charge in [-0.15, -0.1) is 10.2 Å². The molecule has 0 atom stereocenters. The molecule has 3 rings (SSSR count). The van der Waals surface area contributed by atoms with E-state index in [4.69, 9.17) is 20.8 Å². The Kier molecular flexibility index (Phi) is 8.31. The molecule has 2 aromatic carbocycles. The minimum absolute atomic E-state index is 0.0619. The third kappa shape index (κ3) is 7.62. The van der Waals surface area contributed by atoms with E-state index in [1.165, 1.54) is 5.56 Å². The van der Waals surface area contributed by atoms with Crippen molar-refractivity contribution < 1.29 is 18.7 Å². The highest BCUT2D eigenvalue weighted by molar-refractivity contribution is 7.99. The Morgan fingerprint density at radius 1 is 1.06 bits per heavy atom. The van der Waals surface area contributed by atoms with Crippen LogP contribution in [0.15, 0.2) is 58.2 Å². The molecule has 0 fully saturated rings. The number of thioether (sulfide) groups is 1. The normalized spacial score (nSPS) is 10.5. The lowest BCUT2D eigenvalue weighted by Crippen LogP contribution is -2.28. The van der Waals surface area contributed by atoms with Crippen LogP contribution in [0.4, 0.5) is 5.69 Å². The Balaban J connectivity index is 1.36. The lowest BCUT2D eigenvalue weighted by atomic mass is 10.1. The maximum atomic E-state index is 12.1. The summed E-state index contributed by atoms with van der Waals surface area (Å²) in [7, 11) is 0. The van der Waals surface area contributed by atoms with Crippen molar-refractivity contribution in [2.45, 2.75) is 25.1 Å². The van der Waals surface area contributed by atoms with Crippen LogP contribution in [0.3, 0.4) is 0 Å². The predicted molar refractivity (Wildman–Crippen MR) is 118 cm³/mol. The summed E-state index contributed by atoms with van der Waals surface area (Å²) in [6, 6.07) is 14.4. The van der Waals surface area contributed by atoms with Crippen molar-refractivity contribution in [3.05, 3.63) is 65.0 Å². The van der Waals surface area contributed by atoms with E-state index in [1.54, 1.807) is 24.3 Å². The Morgan fingerprint density at radius 3 is 2.52 bits per heavy atom. The summed E-state index contributed by atoms with van der Waals surface area (Å²) >= 11 is 6.92. The van der Waals surface area contributed by atoms with E-state index in [-0.39, 0.29) is 41.8 Å². The first-order valence-corrected chi connectivity index (χ1v) is 10.9. The molecular formula is C21H21ClN4O4S. The third-order valence-corrected chi connectivity index (χ3v) is 5.11. The van der Waals surface area contributed by atoms with Crippen molar-refractivity contribution in [1.82, 2.24) is 15.5 Å². The van der Waals surface area contributed by atoms with Gasteiger partial charge >= 0.3 is 0 Å². The monoisotopic (exact) mass is 460 g/mol. The van der Waals surface area contributed by atoms with Crippen LogP contribution < -0.4 is 15.4 Å². The van der Waals surface area contributed by atoms with E-state index in [9.17, 15) is 9.59 Å². The molecule has 1 heterocycles. The summed E-state index contributed by atoms with van der Waals surface area (Å²) in [6.07, 6.45) is 0.944. The Bertz CT molecular complexity index is 1010. The van der Waals surface area contributed by atoms with Gasteiger partial charge in [0.2, 0.25) is 11.8 Å². The molecular weight excluding hydrogens is 440 g/mol. The second kappa shape index (κ2) is 11.4. The summed E-state index contributed by atoms with van der Waals surface area (Å²) < 4.78 is 10.8. The van der Waals surface area contributed by atoms with Crippen LogP contribution >= 0.6 is 23.4 Å². The van der Waals surface area contributed by atoms with Gasteiger partial charge in [0.15, 0.2) is 6.61 Å². The highest BCUT2D eigenvalue weighted by Crippen LogP contribution is 2.17. The van der Waals surface area contributed by atoms with Gasteiger partial charge in [0.05, 0.1) is 12.3 Å². The number of nitrogens with zero attached hydrogens (tertiary/aromatic N) is 2. The molecule has 2 amide bonds. The van der Waals surface area contributed by atoms with Gasteiger partial charge in [0.1, 0.15) is 5.75 Å². The van der Waals surface area contributed by atoms with Gasteiger partial charge in [-0.2, -0.15) is 0 Å². The third-order valence-electron chi connectivity index (χ3n) is 4.04. The fourth-order valence-corrected chi connectivity index (χ4v) is 3.13. The molecule has 10 heteroatoms. The Labute approximate surface area is 188 Å². The average molecular weight is 461 g/mol. The Morgan fingerprint density at radius 2 is 1.81 bits per heavy atom. The average Bonchev–Trinajstić information content (AvgIpc) is 3.24. The zero-order valence-corrected chi connectivity index (χ0v) is 18.3. The number of carbonyl (C=O) groups is 2. The number of nitrogens with one attached hydrogen (secondary N) is 2. The standard InChI is InChI=1S/C21H21ClN4O4S/c1-2-14-3-7-16(8-4-14)24-19(28)13-31-21-26-25-20(30-21)11-23-18(27)12-29-17-9-5-15(22)6-10-17/h3-10H,2,11-13H2,1H3,(H,23,27)(H,24,28). The predicted octanol–water partition coefficient (Wildman–Crippen LogP) is 3.71. The van der Waals surface area contributed by atoms with Gasteiger partial charge in [0.25, 0.3) is 11.1 Å². The summed E-state index contributed by atoms with van der Waals surface area (Å²) in [5.74, 6) is 0.379. The van der Waals surface area contributed by atoms with E-state index in [1.807, 2.05) is 24.3 Å². The number of ether oxygens (including phenoxy) is 1. The van der Waals surface area contributed by atoms with E-state index in [0.29, 0.717) is 10.8 Å². The summed E-state index contributed by atoms with van der Waals surface area (Å²) in [5, 5.41) is 14.0. The molecule has 0 saturated carbocycles. The molecule has 162 valence electrons. The van der Waals surface area contributed by atoms with Crippen LogP contribution in [0, 0.1) is 0 Å². The number of rotatable bonds is 10. The molecule has 0 unspecified atom stereocenters. The first-order chi connectivity index (χ1) is 15.0. The second-order valence-electron chi connectivity index (χ2n) is 6.37. The molecule has 8 nitrogen and oxygen atoms in total. The number of aryl methyl sites for hydroxylation is 1. The summed E-state index contributed by atoms with van der Waals surface area (Å²) in [4.78, 5) is 24.0. The number of anilines is 1. The van der Waals surface area contributed by atoms with E-state index < -0.39 is 0 Å². The number of amides is 2. The molecule has 31 heavy (non-hydrogen) atoms. The topological polar surface area (TPSA) is 106 Å². The second-order valence-corrected chi connectivity index (χ2v) is 7.73. The quantitative estimate of drug-likeness (QED) is 0.444. The maximum Gasteiger partial charge on any atom is 0.277 e. The molecule has 0 radical (unpaired) electrons. The highest BCUT2D eigenvalue weighted by Gasteiger charge is 2.11. The number of carbonyl (C=O) groups excluding carboxylic acids is 2. The molecule has 0 aliphatic heterocycles. The minimum atomic E-state index is -0.337. The lowest BCUT2D eigenvalue weighted by Gasteiger charge is -2.06. The van der Waals surface area contributed by atoms with Crippen LogP contribution in [0.2, 0.25) is 5.02 Å². The first-order valence-electron chi connectivity index (χ1n) is 9.51. The van der Waals surface area contributed by atoms with Crippen molar-refractivity contribution >= 4 is 40.9 Å². The molecule has 0 aliphatic carbocycles. The number of benzene rings is 2. The van der Waals surface area contributed by atoms with E-state index in [2.05, 4.69) is 27.8 Å². The largest absolute Gasteiger partial charge is 0.484 e. The van der Waals surface area contributed by atoms with Gasteiger partial charge in [-0.1, -0.05) is 42.4 Å². The zero-order valence-electron chi connectivity index (χ0n) is 16.8. The molecule has 1 aromatic heterocycles. The van der Waals surface area contributed by atoms with E-state index >= 15 is 0 Å². The molecule has 0 spiro atoms. The lowest BCUT2D eigenvalue weighted by molar-refractivity contribution is -0.123. The summed E-state index contributed by atoms with van der Waals surface area (Å²) in [6.45, 7) is 1.98. The minimum Gasteiger partial charge on any atom is -0.484 e. The smallest absolute Gasteiger partial charge is 0.277 e. The Hall–Kier alpha value is -3.04. The van der Waals surface area contributed by atoms with Gasteiger partial charge in [-0.05, 0) is 48.4 Å². The fraction of sp³-hybridized carbons (Fsp3) is 0.238. The van der Waals surface area contributed by atoms with Gasteiger partial charge in [0, 0.05) is 10.7 Å². The number of hydrogen-bond donors (Lipinski definition) is 2. The van der Waals surface area contributed by atoms with Crippen LogP contribution in [0.5, 0.6) is 5.75 Å². The molecule has 0 bridgehead atoms. The van der Waals surface area contributed by atoms with Crippen molar-refractivity contribution in [2.24, 2.45) is 0 Å². The maximum absolute atomic E-state index is 12.1. The first kappa shape index (κ1) is 22.6. The van der Waals surface area contributed by atoms with Crippen molar-refractivity contribution in [3.8, 4) is 5.75 Å². The number of hydrogen-bond acceptors (Lipinski definition) is 7. The van der Waals surface area contributed by atoms with E-state index in [0.717, 1.165) is 23.9 Å². The van der Waals surface area contributed by atoms with Gasteiger partial charge in [-0.3, -0.25) is 9.59 Å². The molecule has 3 aromatic rings. The zero-order chi connectivity index (χ0) is 22.1. The van der Waals surface area contributed by atoms with Crippen molar-refractivity contribution in [2.75, 3.05) is 17.7 Å². The number of halogens is 1. The molecule has 0 aliphatic rings. The van der Waals surface area contributed by atoms with Crippen molar-refractivity contribution in [3.63, 3.8) is 0 Å². The SMILES string of the molecule is CCc1ccc(NC(=O)CSc2nnc(CNC(=O)COc3ccc(Cl)cc3)o2)cc1.